The predicted octanol–water partition coefficient (Wildman–Crippen LogP) is 2.41. The summed E-state index contributed by atoms with van der Waals surface area (Å²) in [6.45, 7) is 10.5. The Kier molecular flexibility index (Phi) is 7.16. The van der Waals surface area contributed by atoms with Crippen LogP contribution in [0.15, 0.2) is 6.33 Å². The monoisotopic (exact) mass is 282 g/mol. The molecule has 0 saturated carbocycles. The molecule has 0 radical (unpaired) electrons. The summed E-state index contributed by atoms with van der Waals surface area (Å²) in [4.78, 5) is 4.43. The van der Waals surface area contributed by atoms with Gasteiger partial charge in [0, 0.05) is 26.1 Å². The molecule has 0 aliphatic rings. The maximum atomic E-state index is 5.88. The summed E-state index contributed by atoms with van der Waals surface area (Å²) in [7, 11) is 1.81. The smallest absolute Gasteiger partial charge is 0.138 e. The second-order valence-electron chi connectivity index (χ2n) is 5.19. The van der Waals surface area contributed by atoms with Gasteiger partial charge in [-0.2, -0.15) is 5.10 Å². The van der Waals surface area contributed by atoms with E-state index in [0.717, 1.165) is 44.6 Å². The molecule has 1 atom stereocenters. The molecule has 1 heterocycles. The highest BCUT2D eigenvalue weighted by atomic mass is 16.5. The third-order valence-corrected chi connectivity index (χ3v) is 4.21. The van der Waals surface area contributed by atoms with E-state index in [9.17, 15) is 0 Å². The van der Waals surface area contributed by atoms with Crippen molar-refractivity contribution in [3.8, 4) is 0 Å². The van der Waals surface area contributed by atoms with Gasteiger partial charge in [-0.1, -0.05) is 27.7 Å². The molecule has 1 unspecified atom stereocenters. The number of methoxy groups -OCH3 is 1. The summed E-state index contributed by atoms with van der Waals surface area (Å²) >= 11 is 0. The topological polar surface area (TPSA) is 52.0 Å². The molecule has 0 fully saturated rings. The van der Waals surface area contributed by atoms with Gasteiger partial charge < -0.3 is 10.1 Å². The molecule has 0 aliphatic heterocycles. The van der Waals surface area contributed by atoms with Gasteiger partial charge in [-0.25, -0.2) is 4.98 Å². The minimum Gasteiger partial charge on any atom is -0.377 e. The number of hydrogen-bond acceptors (Lipinski definition) is 4. The highest BCUT2D eigenvalue weighted by Crippen LogP contribution is 2.26. The molecule has 0 aromatic carbocycles. The number of likely N-dealkylation sites (N-methyl/N-ethyl adjacent to an activating group) is 1. The van der Waals surface area contributed by atoms with Crippen LogP contribution in [0, 0.1) is 0 Å². The Morgan fingerprint density at radius 3 is 2.50 bits per heavy atom. The van der Waals surface area contributed by atoms with Crippen molar-refractivity contribution in [1.82, 2.24) is 20.1 Å². The predicted molar refractivity (Wildman–Crippen MR) is 81.8 cm³/mol. The molecule has 0 amide bonds. The Morgan fingerprint density at radius 1 is 1.30 bits per heavy atom. The summed E-state index contributed by atoms with van der Waals surface area (Å²) in [5, 5.41) is 7.89. The zero-order valence-electron chi connectivity index (χ0n) is 13.6. The average molecular weight is 282 g/mol. The van der Waals surface area contributed by atoms with E-state index in [1.165, 1.54) is 0 Å². The molecule has 5 nitrogen and oxygen atoms in total. The molecule has 1 N–H and O–H groups in total. The van der Waals surface area contributed by atoms with Gasteiger partial charge in [0.2, 0.25) is 0 Å². The number of rotatable bonds is 10. The van der Waals surface area contributed by atoms with Gasteiger partial charge in [0.05, 0.1) is 5.60 Å². The SMILES string of the molecule is CCCn1ncnc1CC(NCC)C(CC)(CC)OC. The standard InChI is InChI=1S/C15H30N4O/c1-6-10-19-14(17-12-18-19)11-13(16-9-4)15(7-2,8-3)20-5/h12-13,16H,6-11H2,1-5H3. The molecule has 1 aromatic rings. The van der Waals surface area contributed by atoms with Crippen LogP contribution in [0.5, 0.6) is 0 Å². The second-order valence-corrected chi connectivity index (χ2v) is 5.19. The van der Waals surface area contributed by atoms with E-state index < -0.39 is 0 Å². The Balaban J connectivity index is 2.93. The van der Waals surface area contributed by atoms with Crippen LogP contribution < -0.4 is 5.32 Å². The van der Waals surface area contributed by atoms with Crippen molar-refractivity contribution in [3.63, 3.8) is 0 Å². The maximum Gasteiger partial charge on any atom is 0.138 e. The number of nitrogens with one attached hydrogen (secondary N) is 1. The molecular weight excluding hydrogens is 252 g/mol. The Bertz CT molecular complexity index is 365. The molecule has 20 heavy (non-hydrogen) atoms. The van der Waals surface area contributed by atoms with Gasteiger partial charge in [-0.3, -0.25) is 4.68 Å². The first-order valence-electron chi connectivity index (χ1n) is 7.82. The Morgan fingerprint density at radius 2 is 2.00 bits per heavy atom. The molecule has 0 bridgehead atoms. The van der Waals surface area contributed by atoms with E-state index in [4.69, 9.17) is 4.74 Å². The second kappa shape index (κ2) is 8.37. The van der Waals surface area contributed by atoms with Crippen LogP contribution in [0.2, 0.25) is 0 Å². The molecule has 116 valence electrons. The van der Waals surface area contributed by atoms with Crippen LogP contribution in [0.3, 0.4) is 0 Å². The third kappa shape index (κ3) is 3.79. The van der Waals surface area contributed by atoms with Crippen molar-refractivity contribution in [2.45, 2.75) is 71.6 Å². The fourth-order valence-electron chi connectivity index (χ4n) is 2.89. The lowest BCUT2D eigenvalue weighted by Gasteiger charge is -2.38. The van der Waals surface area contributed by atoms with Gasteiger partial charge in [0.1, 0.15) is 12.2 Å². The zero-order chi connectivity index (χ0) is 15.0. The normalized spacial score (nSPS) is 13.7. The minimum absolute atomic E-state index is 0.140. The average Bonchev–Trinajstić information content (AvgIpc) is 2.89. The van der Waals surface area contributed by atoms with Gasteiger partial charge in [-0.05, 0) is 25.8 Å². The summed E-state index contributed by atoms with van der Waals surface area (Å²) in [5.41, 5.74) is -0.140. The maximum absolute atomic E-state index is 5.88. The van der Waals surface area contributed by atoms with E-state index in [1.807, 2.05) is 11.8 Å². The fourth-order valence-corrected chi connectivity index (χ4v) is 2.89. The van der Waals surface area contributed by atoms with Gasteiger partial charge in [0.25, 0.3) is 0 Å². The van der Waals surface area contributed by atoms with Crippen molar-refractivity contribution in [3.05, 3.63) is 12.2 Å². The Hall–Kier alpha value is -0.940. The third-order valence-electron chi connectivity index (χ3n) is 4.21. The lowest BCUT2D eigenvalue weighted by molar-refractivity contribution is -0.0475. The van der Waals surface area contributed by atoms with Crippen LogP contribution in [0.4, 0.5) is 0 Å². The molecular formula is C15H30N4O. The van der Waals surface area contributed by atoms with Crippen LogP contribution in [0.1, 0.15) is 52.8 Å². The first-order valence-corrected chi connectivity index (χ1v) is 7.82. The number of ether oxygens (including phenoxy) is 1. The zero-order valence-corrected chi connectivity index (χ0v) is 13.6. The van der Waals surface area contributed by atoms with E-state index in [1.54, 1.807) is 6.33 Å². The molecule has 0 aliphatic carbocycles. The summed E-state index contributed by atoms with van der Waals surface area (Å²) in [5.74, 6) is 1.04. The molecule has 1 aromatic heterocycles. The number of hydrogen-bond donors (Lipinski definition) is 1. The lowest BCUT2D eigenvalue weighted by Crippen LogP contribution is -2.53. The van der Waals surface area contributed by atoms with Gasteiger partial charge in [-0.15, -0.1) is 0 Å². The number of aryl methyl sites for hydroxylation is 1. The summed E-state index contributed by atoms with van der Waals surface area (Å²) in [6, 6.07) is 0.257. The van der Waals surface area contributed by atoms with Gasteiger partial charge >= 0.3 is 0 Å². The molecule has 0 saturated heterocycles. The summed E-state index contributed by atoms with van der Waals surface area (Å²) < 4.78 is 7.89. The summed E-state index contributed by atoms with van der Waals surface area (Å²) in [6.07, 6.45) is 5.54. The van der Waals surface area contributed by atoms with Crippen molar-refractivity contribution in [2.75, 3.05) is 13.7 Å². The molecule has 1 rings (SSSR count). The van der Waals surface area contributed by atoms with Crippen molar-refractivity contribution in [2.24, 2.45) is 0 Å². The molecule has 0 spiro atoms. The van der Waals surface area contributed by atoms with Crippen LogP contribution in [0.25, 0.3) is 0 Å². The van der Waals surface area contributed by atoms with E-state index >= 15 is 0 Å². The van der Waals surface area contributed by atoms with E-state index in [-0.39, 0.29) is 11.6 Å². The largest absolute Gasteiger partial charge is 0.377 e. The fraction of sp³-hybridized carbons (Fsp3) is 0.867. The van der Waals surface area contributed by atoms with Crippen molar-refractivity contribution >= 4 is 0 Å². The van der Waals surface area contributed by atoms with E-state index in [2.05, 4.69) is 43.1 Å². The lowest BCUT2D eigenvalue weighted by atomic mass is 9.86. The number of aromatic nitrogens is 3. The first kappa shape index (κ1) is 17.1. The van der Waals surface area contributed by atoms with Crippen LogP contribution in [-0.4, -0.2) is 40.1 Å². The van der Waals surface area contributed by atoms with Crippen LogP contribution >= 0.6 is 0 Å². The highest BCUT2D eigenvalue weighted by molar-refractivity contribution is 4.99. The van der Waals surface area contributed by atoms with Crippen LogP contribution in [-0.2, 0) is 17.7 Å². The quantitative estimate of drug-likeness (QED) is 0.716. The minimum atomic E-state index is -0.140. The Labute approximate surface area is 123 Å². The molecule has 5 heteroatoms. The van der Waals surface area contributed by atoms with E-state index in [0.29, 0.717) is 0 Å². The number of nitrogens with zero attached hydrogens (tertiary/aromatic N) is 3. The van der Waals surface area contributed by atoms with Crippen molar-refractivity contribution in [1.29, 1.82) is 0 Å². The van der Waals surface area contributed by atoms with Crippen molar-refractivity contribution < 1.29 is 4.74 Å². The highest BCUT2D eigenvalue weighted by Gasteiger charge is 2.36. The first-order chi connectivity index (χ1) is 9.67. The van der Waals surface area contributed by atoms with Gasteiger partial charge in [0.15, 0.2) is 0 Å².